The van der Waals surface area contributed by atoms with Gasteiger partial charge in [-0.05, 0) is 35.8 Å². The molecule has 35 heavy (non-hydrogen) atoms. The highest BCUT2D eigenvalue weighted by Crippen LogP contribution is 2.41. The maximum atomic E-state index is 13.3. The van der Waals surface area contributed by atoms with Gasteiger partial charge in [-0.3, -0.25) is 0 Å². The van der Waals surface area contributed by atoms with Gasteiger partial charge in [-0.15, -0.1) is 9.24 Å². The topological polar surface area (TPSA) is 94.7 Å². The molecule has 0 fully saturated rings. The summed E-state index contributed by atoms with van der Waals surface area (Å²) in [6, 6.07) is 15.1. The molecule has 7 nitrogen and oxygen atoms in total. The summed E-state index contributed by atoms with van der Waals surface area (Å²) in [5.41, 5.74) is 3.88. The zero-order valence-corrected chi connectivity index (χ0v) is 21.4. The van der Waals surface area contributed by atoms with Gasteiger partial charge in [0, 0.05) is 5.56 Å². The van der Waals surface area contributed by atoms with E-state index in [1.165, 1.54) is 7.11 Å². The number of pyridine rings is 1. The summed E-state index contributed by atoms with van der Waals surface area (Å²) in [5, 5.41) is 12.5. The standard InChI is InChI=1S/C27H29N2O5P/c1-5-33-27(31)24-22(16-10-12-17(35)13-11-16)23(26(32-4)29-25(24)15(2)3)19(30)14-21-28-18-8-6-7-9-20(18)34-21/h6-13,15,19,30H,5,14,35H2,1-4H3. The number of oxazole rings is 1. The van der Waals surface area contributed by atoms with Crippen molar-refractivity contribution in [2.45, 2.75) is 39.2 Å². The molecule has 0 saturated heterocycles. The molecule has 2 aromatic heterocycles. The van der Waals surface area contributed by atoms with Crippen molar-refractivity contribution in [1.29, 1.82) is 0 Å². The van der Waals surface area contributed by atoms with Gasteiger partial charge in [0.05, 0.1) is 43.1 Å². The molecule has 0 radical (unpaired) electrons. The number of hydrogen-bond acceptors (Lipinski definition) is 7. The van der Waals surface area contributed by atoms with E-state index in [2.05, 4.69) is 19.2 Å². The van der Waals surface area contributed by atoms with Crippen molar-refractivity contribution in [3.8, 4) is 17.0 Å². The van der Waals surface area contributed by atoms with Crippen molar-refractivity contribution in [3.63, 3.8) is 0 Å². The number of esters is 1. The molecule has 4 aromatic rings. The van der Waals surface area contributed by atoms with Crippen LogP contribution in [-0.4, -0.2) is 34.8 Å². The number of benzene rings is 2. The molecule has 2 heterocycles. The number of ether oxygens (including phenoxy) is 2. The molecular formula is C27H29N2O5P. The van der Waals surface area contributed by atoms with Crippen LogP contribution in [0.3, 0.4) is 0 Å². The average Bonchev–Trinajstić information content (AvgIpc) is 3.25. The fraction of sp³-hybridized carbons (Fsp3) is 0.296. The van der Waals surface area contributed by atoms with E-state index in [1.54, 1.807) is 6.92 Å². The molecule has 0 bridgehead atoms. The summed E-state index contributed by atoms with van der Waals surface area (Å²) >= 11 is 0. The van der Waals surface area contributed by atoms with Gasteiger partial charge in [-0.25, -0.2) is 14.8 Å². The molecule has 0 aliphatic rings. The molecule has 0 aliphatic heterocycles. The fourth-order valence-electron chi connectivity index (χ4n) is 4.11. The second-order valence-corrected chi connectivity index (χ2v) is 9.13. The van der Waals surface area contributed by atoms with Crippen LogP contribution in [0.15, 0.2) is 52.9 Å². The number of fused-ring (bicyclic) bond motifs is 1. The van der Waals surface area contributed by atoms with Crippen LogP contribution in [0.5, 0.6) is 5.88 Å². The SMILES string of the molecule is CCOC(=O)c1c(C(C)C)nc(OC)c(C(O)Cc2nc3ccccc3o2)c1-c1ccc(P)cc1. The first-order valence-electron chi connectivity index (χ1n) is 11.5. The van der Waals surface area contributed by atoms with E-state index in [9.17, 15) is 9.90 Å². The third kappa shape index (κ3) is 5.07. The number of carbonyl (C=O) groups is 1. The second-order valence-electron chi connectivity index (χ2n) is 8.46. The minimum atomic E-state index is -1.11. The van der Waals surface area contributed by atoms with Crippen LogP contribution in [0, 0.1) is 0 Å². The normalized spacial score (nSPS) is 12.2. The van der Waals surface area contributed by atoms with Gasteiger partial charge in [0.1, 0.15) is 5.52 Å². The molecule has 0 saturated carbocycles. The maximum absolute atomic E-state index is 13.3. The number of para-hydroxylation sites is 2. The van der Waals surface area contributed by atoms with E-state index < -0.39 is 12.1 Å². The third-order valence-electron chi connectivity index (χ3n) is 5.69. The molecule has 2 atom stereocenters. The van der Waals surface area contributed by atoms with E-state index in [1.807, 2.05) is 62.4 Å². The molecule has 2 unspecified atom stereocenters. The first-order valence-corrected chi connectivity index (χ1v) is 12.1. The van der Waals surface area contributed by atoms with Crippen LogP contribution in [0.2, 0.25) is 0 Å². The minimum Gasteiger partial charge on any atom is -0.481 e. The average molecular weight is 493 g/mol. The van der Waals surface area contributed by atoms with Gasteiger partial charge in [0.15, 0.2) is 11.5 Å². The molecular weight excluding hydrogens is 463 g/mol. The van der Waals surface area contributed by atoms with Crippen molar-refractivity contribution < 1.29 is 23.8 Å². The van der Waals surface area contributed by atoms with Crippen molar-refractivity contribution in [1.82, 2.24) is 9.97 Å². The number of aliphatic hydroxyl groups is 1. The van der Waals surface area contributed by atoms with E-state index in [-0.39, 0.29) is 24.8 Å². The van der Waals surface area contributed by atoms with E-state index in [0.717, 1.165) is 10.9 Å². The lowest BCUT2D eigenvalue weighted by Gasteiger charge is -2.24. The summed E-state index contributed by atoms with van der Waals surface area (Å²) in [7, 11) is 4.15. The lowest BCUT2D eigenvalue weighted by Crippen LogP contribution is -2.18. The molecule has 0 spiro atoms. The van der Waals surface area contributed by atoms with Gasteiger partial charge >= 0.3 is 5.97 Å². The molecule has 4 rings (SSSR count). The van der Waals surface area contributed by atoms with Gasteiger partial charge in [0.25, 0.3) is 0 Å². The minimum absolute atomic E-state index is 0.0741. The van der Waals surface area contributed by atoms with Crippen LogP contribution < -0.4 is 10.0 Å². The summed E-state index contributed by atoms with van der Waals surface area (Å²) in [4.78, 5) is 22.4. The smallest absolute Gasteiger partial charge is 0.340 e. The second kappa shape index (κ2) is 10.5. The fourth-order valence-corrected chi connectivity index (χ4v) is 4.30. The number of rotatable bonds is 8. The van der Waals surface area contributed by atoms with Crippen molar-refractivity contribution in [2.24, 2.45) is 0 Å². The molecule has 8 heteroatoms. The first-order chi connectivity index (χ1) is 16.8. The molecule has 182 valence electrons. The Hall–Kier alpha value is -3.28. The van der Waals surface area contributed by atoms with Crippen molar-refractivity contribution in [2.75, 3.05) is 13.7 Å². The van der Waals surface area contributed by atoms with Crippen LogP contribution in [-0.2, 0) is 11.2 Å². The van der Waals surface area contributed by atoms with Crippen LogP contribution in [0.4, 0.5) is 0 Å². The summed E-state index contributed by atoms with van der Waals surface area (Å²) in [6.07, 6.45) is -1.03. The maximum Gasteiger partial charge on any atom is 0.340 e. The molecule has 2 aromatic carbocycles. The Balaban J connectivity index is 1.95. The summed E-state index contributed by atoms with van der Waals surface area (Å²) in [5.74, 6) is 0.0332. The number of hydrogen-bond donors (Lipinski definition) is 1. The highest BCUT2D eigenvalue weighted by Gasteiger charge is 2.32. The predicted molar refractivity (Wildman–Crippen MR) is 138 cm³/mol. The van der Waals surface area contributed by atoms with Crippen LogP contribution >= 0.6 is 9.24 Å². The summed E-state index contributed by atoms with van der Waals surface area (Å²) in [6.45, 7) is 5.88. The van der Waals surface area contributed by atoms with Crippen LogP contribution in [0.1, 0.15) is 60.3 Å². The lowest BCUT2D eigenvalue weighted by atomic mass is 9.88. The van der Waals surface area contributed by atoms with E-state index in [4.69, 9.17) is 13.9 Å². The Bertz CT molecular complexity index is 1310. The summed E-state index contributed by atoms with van der Waals surface area (Å²) < 4.78 is 16.9. The largest absolute Gasteiger partial charge is 0.481 e. The highest BCUT2D eigenvalue weighted by molar-refractivity contribution is 7.27. The van der Waals surface area contributed by atoms with E-state index in [0.29, 0.717) is 39.4 Å². The number of methoxy groups -OCH3 is 1. The van der Waals surface area contributed by atoms with Gasteiger partial charge in [-0.2, -0.15) is 0 Å². The first kappa shape index (κ1) is 24.8. The Morgan fingerprint density at radius 2 is 1.83 bits per heavy atom. The molecule has 0 amide bonds. The Morgan fingerprint density at radius 3 is 2.46 bits per heavy atom. The number of carbonyl (C=O) groups excluding carboxylic acids is 1. The van der Waals surface area contributed by atoms with Crippen molar-refractivity contribution in [3.05, 3.63) is 71.2 Å². The van der Waals surface area contributed by atoms with Gasteiger partial charge < -0.3 is 19.0 Å². The number of aliphatic hydroxyl groups excluding tert-OH is 1. The monoisotopic (exact) mass is 492 g/mol. The third-order valence-corrected chi connectivity index (χ3v) is 6.07. The van der Waals surface area contributed by atoms with Crippen molar-refractivity contribution >= 4 is 31.6 Å². The molecule has 1 N–H and O–H groups in total. The zero-order valence-electron chi connectivity index (χ0n) is 20.2. The van der Waals surface area contributed by atoms with Gasteiger partial charge in [-0.1, -0.05) is 50.2 Å². The Kier molecular flexibility index (Phi) is 7.48. The Morgan fingerprint density at radius 1 is 1.11 bits per heavy atom. The predicted octanol–water partition coefficient (Wildman–Crippen LogP) is 4.98. The highest BCUT2D eigenvalue weighted by atomic mass is 31.0. The Labute approximate surface area is 206 Å². The van der Waals surface area contributed by atoms with E-state index >= 15 is 0 Å². The number of aromatic nitrogens is 2. The lowest BCUT2D eigenvalue weighted by molar-refractivity contribution is 0.0524. The number of nitrogens with zero attached hydrogens (tertiary/aromatic N) is 2. The quantitative estimate of drug-likeness (QED) is 0.274. The molecule has 0 aliphatic carbocycles. The van der Waals surface area contributed by atoms with Crippen LogP contribution in [0.25, 0.3) is 22.2 Å². The van der Waals surface area contributed by atoms with Gasteiger partial charge in [0.2, 0.25) is 5.88 Å². The zero-order chi connectivity index (χ0) is 25.1.